The molecule has 1 aromatic rings. The fraction of sp³-hybridized carbons (Fsp3) is 0.538. The van der Waals surface area contributed by atoms with Gasteiger partial charge >= 0.3 is 0 Å². The number of phenols is 1. The first kappa shape index (κ1) is 12.3. The van der Waals surface area contributed by atoms with E-state index in [1.54, 1.807) is 6.07 Å². The Labute approximate surface area is 101 Å². The van der Waals surface area contributed by atoms with E-state index in [1.807, 2.05) is 7.05 Å². The van der Waals surface area contributed by atoms with Crippen LogP contribution in [0.4, 0.5) is 4.39 Å². The van der Waals surface area contributed by atoms with Crippen LogP contribution in [-0.4, -0.2) is 36.3 Å². The lowest BCUT2D eigenvalue weighted by molar-refractivity contribution is 0.0793. The lowest BCUT2D eigenvalue weighted by Gasteiger charge is -2.20. The number of rotatable bonds is 4. The van der Waals surface area contributed by atoms with E-state index in [-0.39, 0.29) is 5.75 Å². The molecular formula is C13H18FNO2. The van der Waals surface area contributed by atoms with Crippen molar-refractivity contribution in [2.24, 2.45) is 0 Å². The summed E-state index contributed by atoms with van der Waals surface area (Å²) in [5.74, 6) is -0.420. The zero-order chi connectivity index (χ0) is 12.3. The Morgan fingerprint density at radius 3 is 2.94 bits per heavy atom. The normalized spacial score (nSPS) is 20.1. The minimum Gasteiger partial charge on any atom is -0.508 e. The van der Waals surface area contributed by atoms with E-state index in [2.05, 4.69) is 4.90 Å². The quantitative estimate of drug-likeness (QED) is 0.873. The van der Waals surface area contributed by atoms with E-state index < -0.39 is 5.82 Å². The molecule has 3 nitrogen and oxygen atoms in total. The van der Waals surface area contributed by atoms with Gasteiger partial charge in [0.25, 0.3) is 0 Å². The molecule has 0 bridgehead atoms. The van der Waals surface area contributed by atoms with Crippen molar-refractivity contribution < 1.29 is 14.2 Å². The van der Waals surface area contributed by atoms with Gasteiger partial charge in [-0.1, -0.05) is 0 Å². The topological polar surface area (TPSA) is 32.7 Å². The highest BCUT2D eigenvalue weighted by atomic mass is 19.1. The Morgan fingerprint density at radius 2 is 2.29 bits per heavy atom. The van der Waals surface area contributed by atoms with Crippen molar-refractivity contribution in [1.82, 2.24) is 4.90 Å². The standard InChI is InChI=1S/C13H18FNO2/c1-15(9-13-3-2-4-17-13)8-10-5-11(14)7-12(16)6-10/h5-7,13,16H,2-4,8-9H2,1H3. The molecule has 1 aliphatic rings. The maximum atomic E-state index is 13.1. The third-order valence-corrected chi connectivity index (χ3v) is 2.93. The lowest BCUT2D eigenvalue weighted by Crippen LogP contribution is -2.28. The minimum absolute atomic E-state index is 0.0227. The molecule has 1 saturated heterocycles. The molecule has 2 rings (SSSR count). The predicted octanol–water partition coefficient (Wildman–Crippen LogP) is 2.14. The number of phenolic OH excluding ortho intramolecular Hbond substituents is 1. The number of ether oxygens (including phenoxy) is 1. The minimum atomic E-state index is -0.398. The van der Waals surface area contributed by atoms with E-state index in [9.17, 15) is 9.50 Å². The smallest absolute Gasteiger partial charge is 0.127 e. The van der Waals surface area contributed by atoms with Gasteiger partial charge in [-0.3, -0.25) is 4.90 Å². The lowest BCUT2D eigenvalue weighted by atomic mass is 10.2. The Hall–Kier alpha value is -1.13. The van der Waals surface area contributed by atoms with Crippen LogP contribution in [0, 0.1) is 5.82 Å². The van der Waals surface area contributed by atoms with Gasteiger partial charge in [-0.25, -0.2) is 4.39 Å². The largest absolute Gasteiger partial charge is 0.508 e. The summed E-state index contributed by atoms with van der Waals surface area (Å²) in [4.78, 5) is 2.09. The van der Waals surface area contributed by atoms with Gasteiger partial charge in [0.05, 0.1) is 6.10 Å². The van der Waals surface area contributed by atoms with Crippen molar-refractivity contribution in [3.8, 4) is 5.75 Å². The fourth-order valence-corrected chi connectivity index (χ4v) is 2.24. The zero-order valence-electron chi connectivity index (χ0n) is 10.0. The maximum absolute atomic E-state index is 13.1. The molecule has 1 aromatic carbocycles. The highest BCUT2D eigenvalue weighted by Crippen LogP contribution is 2.17. The van der Waals surface area contributed by atoms with E-state index in [0.29, 0.717) is 12.6 Å². The summed E-state index contributed by atoms with van der Waals surface area (Å²) < 4.78 is 18.6. The van der Waals surface area contributed by atoms with Crippen LogP contribution in [0.1, 0.15) is 18.4 Å². The highest BCUT2D eigenvalue weighted by Gasteiger charge is 2.17. The molecule has 0 aliphatic carbocycles. The van der Waals surface area contributed by atoms with Crippen LogP contribution >= 0.6 is 0 Å². The van der Waals surface area contributed by atoms with Crippen molar-refractivity contribution in [3.63, 3.8) is 0 Å². The Morgan fingerprint density at radius 1 is 1.47 bits per heavy atom. The summed E-state index contributed by atoms with van der Waals surface area (Å²) in [7, 11) is 1.98. The third kappa shape index (κ3) is 3.68. The van der Waals surface area contributed by atoms with Crippen molar-refractivity contribution in [2.45, 2.75) is 25.5 Å². The van der Waals surface area contributed by atoms with Gasteiger partial charge in [0, 0.05) is 25.8 Å². The van der Waals surface area contributed by atoms with E-state index >= 15 is 0 Å². The first-order valence-electron chi connectivity index (χ1n) is 5.92. The average Bonchev–Trinajstić information content (AvgIpc) is 2.67. The molecule has 0 aromatic heterocycles. The molecule has 1 N–H and O–H groups in total. The molecule has 0 spiro atoms. The van der Waals surface area contributed by atoms with Crippen LogP contribution in [0.25, 0.3) is 0 Å². The molecule has 0 saturated carbocycles. The number of likely N-dealkylation sites (N-methyl/N-ethyl adjacent to an activating group) is 1. The summed E-state index contributed by atoms with van der Waals surface area (Å²) in [6, 6.07) is 4.16. The van der Waals surface area contributed by atoms with Crippen LogP contribution in [0.3, 0.4) is 0 Å². The molecule has 17 heavy (non-hydrogen) atoms. The van der Waals surface area contributed by atoms with Gasteiger partial charge in [-0.05, 0) is 37.6 Å². The predicted molar refractivity (Wildman–Crippen MR) is 63.4 cm³/mol. The first-order valence-corrected chi connectivity index (χ1v) is 5.92. The number of aromatic hydroxyl groups is 1. The Bertz CT molecular complexity index is 357. The second kappa shape index (κ2) is 5.47. The van der Waals surface area contributed by atoms with Crippen molar-refractivity contribution in [1.29, 1.82) is 0 Å². The summed E-state index contributed by atoms with van der Waals surface area (Å²) in [5.41, 5.74) is 0.781. The number of hydrogen-bond acceptors (Lipinski definition) is 3. The molecule has 4 heteroatoms. The summed E-state index contributed by atoms with van der Waals surface area (Å²) >= 11 is 0. The maximum Gasteiger partial charge on any atom is 0.127 e. The SMILES string of the molecule is CN(Cc1cc(O)cc(F)c1)CC1CCCO1. The van der Waals surface area contributed by atoms with E-state index in [0.717, 1.165) is 37.6 Å². The molecule has 0 radical (unpaired) electrons. The van der Waals surface area contributed by atoms with Crippen LogP contribution in [0.15, 0.2) is 18.2 Å². The number of benzene rings is 1. The summed E-state index contributed by atoms with van der Waals surface area (Å²) in [6.07, 6.45) is 2.51. The van der Waals surface area contributed by atoms with Crippen molar-refractivity contribution in [3.05, 3.63) is 29.6 Å². The molecule has 1 atom stereocenters. The second-order valence-corrected chi connectivity index (χ2v) is 4.65. The number of hydrogen-bond donors (Lipinski definition) is 1. The fourth-order valence-electron chi connectivity index (χ4n) is 2.24. The molecule has 1 aliphatic heterocycles. The number of halogens is 1. The van der Waals surface area contributed by atoms with Gasteiger partial charge in [0.2, 0.25) is 0 Å². The van der Waals surface area contributed by atoms with Crippen LogP contribution < -0.4 is 0 Å². The molecule has 0 amide bonds. The van der Waals surface area contributed by atoms with Gasteiger partial charge in [-0.2, -0.15) is 0 Å². The van der Waals surface area contributed by atoms with Crippen molar-refractivity contribution in [2.75, 3.05) is 20.2 Å². The van der Waals surface area contributed by atoms with E-state index in [1.165, 1.54) is 6.07 Å². The van der Waals surface area contributed by atoms with Gasteiger partial charge in [-0.15, -0.1) is 0 Å². The summed E-state index contributed by atoms with van der Waals surface area (Å²) in [5, 5.41) is 9.31. The van der Waals surface area contributed by atoms with Crippen LogP contribution in [0.2, 0.25) is 0 Å². The molecule has 1 heterocycles. The Kier molecular flexibility index (Phi) is 3.97. The van der Waals surface area contributed by atoms with Crippen LogP contribution in [-0.2, 0) is 11.3 Å². The van der Waals surface area contributed by atoms with Gasteiger partial charge in [0.15, 0.2) is 0 Å². The zero-order valence-corrected chi connectivity index (χ0v) is 10.0. The first-order chi connectivity index (χ1) is 8.13. The molecule has 94 valence electrons. The number of nitrogens with zero attached hydrogens (tertiary/aromatic N) is 1. The average molecular weight is 239 g/mol. The third-order valence-electron chi connectivity index (χ3n) is 2.93. The van der Waals surface area contributed by atoms with Gasteiger partial charge in [0.1, 0.15) is 11.6 Å². The Balaban J connectivity index is 1.90. The monoisotopic (exact) mass is 239 g/mol. The molecule has 1 unspecified atom stereocenters. The summed E-state index contributed by atoms with van der Waals surface area (Å²) in [6.45, 7) is 2.31. The van der Waals surface area contributed by atoms with Crippen LogP contribution in [0.5, 0.6) is 5.75 Å². The molecule has 1 fully saturated rings. The van der Waals surface area contributed by atoms with Crippen molar-refractivity contribution >= 4 is 0 Å². The highest BCUT2D eigenvalue weighted by molar-refractivity contribution is 5.28. The van der Waals surface area contributed by atoms with Gasteiger partial charge < -0.3 is 9.84 Å². The van der Waals surface area contributed by atoms with E-state index in [4.69, 9.17) is 4.74 Å². The molecular weight excluding hydrogens is 221 g/mol. The second-order valence-electron chi connectivity index (χ2n) is 4.65.